The Kier molecular flexibility index (Phi) is 4.54. The number of nitrogens with zero attached hydrogens (tertiary/aromatic N) is 1. The van der Waals surface area contributed by atoms with Gasteiger partial charge in [-0.3, -0.25) is 0 Å². The lowest BCUT2D eigenvalue weighted by molar-refractivity contribution is 0.570. The van der Waals surface area contributed by atoms with Gasteiger partial charge in [0.1, 0.15) is 0 Å². The third-order valence-corrected chi connectivity index (χ3v) is 4.46. The summed E-state index contributed by atoms with van der Waals surface area (Å²) in [5.74, 6) is 0. The van der Waals surface area contributed by atoms with E-state index in [2.05, 4.69) is 63.7 Å². The molecule has 2 rings (SSSR count). The summed E-state index contributed by atoms with van der Waals surface area (Å²) in [5.41, 5.74) is 7.15. The molecule has 0 fully saturated rings. The predicted molar refractivity (Wildman–Crippen MR) is 88.6 cm³/mol. The van der Waals surface area contributed by atoms with Crippen LogP contribution in [0.4, 0.5) is 0 Å². The van der Waals surface area contributed by atoms with Crippen molar-refractivity contribution in [1.29, 1.82) is 0 Å². The van der Waals surface area contributed by atoms with Crippen LogP contribution in [0.2, 0.25) is 0 Å². The number of fused-ring (bicyclic) bond motifs is 1. The van der Waals surface area contributed by atoms with E-state index >= 15 is 0 Å². The van der Waals surface area contributed by atoms with Crippen molar-refractivity contribution < 1.29 is 0 Å². The molecule has 0 spiro atoms. The van der Waals surface area contributed by atoms with Gasteiger partial charge in [-0.15, -0.1) is 0 Å². The van der Waals surface area contributed by atoms with Crippen LogP contribution in [0.3, 0.4) is 0 Å². The topological polar surface area (TPSA) is 17.0 Å². The van der Waals surface area contributed by atoms with Gasteiger partial charge in [0.15, 0.2) is 0 Å². The third kappa shape index (κ3) is 2.76. The number of aryl methyl sites for hydroxylation is 4. The van der Waals surface area contributed by atoms with Gasteiger partial charge in [0, 0.05) is 24.2 Å². The molecular formula is C18H28N2. The molecule has 2 heteroatoms. The van der Waals surface area contributed by atoms with E-state index in [1.54, 1.807) is 0 Å². The number of aromatic nitrogens is 1. The number of benzene rings is 1. The molecule has 2 aromatic rings. The summed E-state index contributed by atoms with van der Waals surface area (Å²) in [6.45, 7) is 12.2. The van der Waals surface area contributed by atoms with Crippen LogP contribution in [0.15, 0.2) is 12.1 Å². The summed E-state index contributed by atoms with van der Waals surface area (Å²) in [6.07, 6.45) is 2.36. The minimum absolute atomic E-state index is 0.577. The minimum Gasteiger partial charge on any atom is -0.347 e. The highest BCUT2D eigenvalue weighted by atomic mass is 14.9. The van der Waals surface area contributed by atoms with Gasteiger partial charge >= 0.3 is 0 Å². The van der Waals surface area contributed by atoms with Crippen LogP contribution in [0, 0.1) is 20.8 Å². The SMILES string of the molecule is Cc1ccc2c(CCCNC(C)C)c(C)n(C)c2c1C. The Morgan fingerprint density at radius 3 is 2.50 bits per heavy atom. The second-order valence-corrected chi connectivity index (χ2v) is 6.24. The lowest BCUT2D eigenvalue weighted by atomic mass is 10.0. The maximum atomic E-state index is 3.50. The van der Waals surface area contributed by atoms with Crippen molar-refractivity contribution in [2.24, 2.45) is 7.05 Å². The lowest BCUT2D eigenvalue weighted by Crippen LogP contribution is -2.23. The van der Waals surface area contributed by atoms with Gasteiger partial charge < -0.3 is 9.88 Å². The van der Waals surface area contributed by atoms with E-state index < -0.39 is 0 Å². The Hall–Kier alpha value is -1.28. The molecule has 2 nitrogen and oxygen atoms in total. The van der Waals surface area contributed by atoms with Crippen molar-refractivity contribution in [3.63, 3.8) is 0 Å². The van der Waals surface area contributed by atoms with E-state index in [9.17, 15) is 0 Å². The van der Waals surface area contributed by atoms with Crippen molar-refractivity contribution in [1.82, 2.24) is 9.88 Å². The molecule has 0 amide bonds. The summed E-state index contributed by atoms with van der Waals surface area (Å²) >= 11 is 0. The van der Waals surface area contributed by atoms with Crippen LogP contribution in [0.5, 0.6) is 0 Å². The molecule has 110 valence electrons. The molecule has 0 aliphatic carbocycles. The Balaban J connectivity index is 2.30. The summed E-state index contributed by atoms with van der Waals surface area (Å²) in [7, 11) is 2.19. The van der Waals surface area contributed by atoms with E-state index in [0.29, 0.717) is 6.04 Å². The first-order valence-electron chi connectivity index (χ1n) is 7.71. The van der Waals surface area contributed by atoms with Gasteiger partial charge in [-0.05, 0) is 56.8 Å². The maximum Gasteiger partial charge on any atom is 0.0515 e. The van der Waals surface area contributed by atoms with Crippen LogP contribution in [-0.4, -0.2) is 17.2 Å². The molecule has 0 aliphatic rings. The molecule has 1 aromatic heterocycles. The van der Waals surface area contributed by atoms with Crippen LogP contribution in [-0.2, 0) is 13.5 Å². The lowest BCUT2D eigenvalue weighted by Gasteiger charge is -2.08. The number of rotatable bonds is 5. The van der Waals surface area contributed by atoms with Crippen molar-refractivity contribution in [2.45, 2.75) is 53.5 Å². The highest BCUT2D eigenvalue weighted by Gasteiger charge is 2.14. The number of nitrogens with one attached hydrogen (secondary N) is 1. The van der Waals surface area contributed by atoms with E-state index in [1.165, 1.54) is 39.7 Å². The van der Waals surface area contributed by atoms with E-state index in [4.69, 9.17) is 0 Å². The summed E-state index contributed by atoms with van der Waals surface area (Å²) in [6, 6.07) is 5.14. The van der Waals surface area contributed by atoms with Gasteiger partial charge in [0.05, 0.1) is 5.52 Å². The highest BCUT2D eigenvalue weighted by Crippen LogP contribution is 2.29. The van der Waals surface area contributed by atoms with Crippen molar-refractivity contribution in [2.75, 3.05) is 6.54 Å². The second kappa shape index (κ2) is 6.01. The van der Waals surface area contributed by atoms with E-state index in [0.717, 1.165) is 13.0 Å². The second-order valence-electron chi connectivity index (χ2n) is 6.24. The van der Waals surface area contributed by atoms with Crippen LogP contribution in [0.1, 0.15) is 42.7 Å². The average molecular weight is 272 g/mol. The summed E-state index contributed by atoms with van der Waals surface area (Å²) in [5, 5.41) is 4.95. The smallest absolute Gasteiger partial charge is 0.0515 e. The van der Waals surface area contributed by atoms with Crippen molar-refractivity contribution in [3.8, 4) is 0 Å². The van der Waals surface area contributed by atoms with Gasteiger partial charge in [0.25, 0.3) is 0 Å². The van der Waals surface area contributed by atoms with Crippen LogP contribution in [0.25, 0.3) is 10.9 Å². The molecule has 0 unspecified atom stereocenters. The van der Waals surface area contributed by atoms with E-state index in [1.807, 2.05) is 0 Å². The molecule has 0 bridgehead atoms. The first-order chi connectivity index (χ1) is 9.43. The Labute approximate surface area is 123 Å². The van der Waals surface area contributed by atoms with Gasteiger partial charge in [-0.25, -0.2) is 0 Å². The molecule has 0 radical (unpaired) electrons. The number of hydrogen-bond acceptors (Lipinski definition) is 1. The molecule has 1 N–H and O–H groups in total. The van der Waals surface area contributed by atoms with Crippen molar-refractivity contribution in [3.05, 3.63) is 34.5 Å². The molecule has 0 saturated carbocycles. The van der Waals surface area contributed by atoms with Crippen molar-refractivity contribution >= 4 is 10.9 Å². The number of hydrogen-bond donors (Lipinski definition) is 1. The van der Waals surface area contributed by atoms with Crippen LogP contribution < -0.4 is 5.32 Å². The first-order valence-corrected chi connectivity index (χ1v) is 7.71. The fraction of sp³-hybridized carbons (Fsp3) is 0.556. The molecule has 0 aliphatic heterocycles. The van der Waals surface area contributed by atoms with E-state index in [-0.39, 0.29) is 0 Å². The zero-order valence-corrected chi connectivity index (χ0v) is 13.8. The fourth-order valence-corrected chi connectivity index (χ4v) is 3.01. The normalized spacial score (nSPS) is 11.8. The van der Waals surface area contributed by atoms with Gasteiger partial charge in [-0.1, -0.05) is 26.0 Å². The molecule has 1 aromatic carbocycles. The zero-order chi connectivity index (χ0) is 14.9. The summed E-state index contributed by atoms with van der Waals surface area (Å²) in [4.78, 5) is 0. The molecule has 1 heterocycles. The Bertz CT molecular complexity index is 606. The highest BCUT2D eigenvalue weighted by molar-refractivity contribution is 5.89. The monoisotopic (exact) mass is 272 g/mol. The maximum absolute atomic E-state index is 3.50. The molecule has 0 atom stereocenters. The van der Waals surface area contributed by atoms with Gasteiger partial charge in [-0.2, -0.15) is 0 Å². The quantitative estimate of drug-likeness (QED) is 0.813. The Morgan fingerprint density at radius 2 is 1.85 bits per heavy atom. The molecular weight excluding hydrogens is 244 g/mol. The molecule has 0 saturated heterocycles. The Morgan fingerprint density at radius 1 is 1.15 bits per heavy atom. The molecule has 20 heavy (non-hydrogen) atoms. The standard InChI is InChI=1S/C18H28N2/c1-12(2)19-11-7-8-16-15(5)20(6)18-14(4)13(3)9-10-17(16)18/h9-10,12,19H,7-8,11H2,1-6H3. The third-order valence-electron chi connectivity index (χ3n) is 4.46. The minimum atomic E-state index is 0.577. The largest absolute Gasteiger partial charge is 0.347 e. The fourth-order valence-electron chi connectivity index (χ4n) is 3.01. The average Bonchev–Trinajstić information content (AvgIpc) is 2.63. The predicted octanol–water partition coefficient (Wildman–Crippen LogP) is 4.03. The van der Waals surface area contributed by atoms with Crippen LogP contribution >= 0.6 is 0 Å². The first kappa shape index (κ1) is 15.1. The summed E-state index contributed by atoms with van der Waals surface area (Å²) < 4.78 is 2.36. The zero-order valence-electron chi connectivity index (χ0n) is 13.8. The van der Waals surface area contributed by atoms with Gasteiger partial charge in [0.2, 0.25) is 0 Å².